The van der Waals surface area contributed by atoms with Crippen molar-refractivity contribution in [1.82, 2.24) is 9.97 Å². The first-order valence-electron chi connectivity index (χ1n) is 8.17. The van der Waals surface area contributed by atoms with Crippen molar-refractivity contribution in [2.24, 2.45) is 5.92 Å². The third kappa shape index (κ3) is 3.44. The van der Waals surface area contributed by atoms with E-state index < -0.39 is 15.7 Å². The highest BCUT2D eigenvalue weighted by Crippen LogP contribution is 2.32. The molecule has 0 aliphatic carbocycles. The number of hydrogen-bond donors (Lipinski definition) is 2. The summed E-state index contributed by atoms with van der Waals surface area (Å²) >= 11 is 0. The molecule has 0 saturated carbocycles. The van der Waals surface area contributed by atoms with Gasteiger partial charge in [-0.05, 0) is 36.0 Å². The Morgan fingerprint density at radius 2 is 2.04 bits per heavy atom. The number of nitrogens with one attached hydrogen (secondary N) is 1. The smallest absolute Gasteiger partial charge is 0.207 e. The number of rotatable bonds is 4. The Kier molecular flexibility index (Phi) is 4.64. The molecule has 1 aliphatic heterocycles. The van der Waals surface area contributed by atoms with Gasteiger partial charge in [0.05, 0.1) is 16.7 Å². The number of nitrogen functional groups attached to an aromatic ring is 1. The van der Waals surface area contributed by atoms with E-state index in [1.165, 1.54) is 6.33 Å². The van der Waals surface area contributed by atoms with Crippen molar-refractivity contribution in [2.45, 2.75) is 37.6 Å². The van der Waals surface area contributed by atoms with Crippen LogP contribution in [0.2, 0.25) is 0 Å². The molecule has 134 valence electrons. The van der Waals surface area contributed by atoms with Crippen LogP contribution in [-0.2, 0) is 16.3 Å². The Balaban J connectivity index is 2.01. The summed E-state index contributed by atoms with van der Waals surface area (Å²) in [7, 11) is -3.26. The molecule has 0 bridgehead atoms. The normalized spacial score (nSPS) is 17.1. The van der Waals surface area contributed by atoms with E-state index in [4.69, 9.17) is 5.73 Å². The van der Waals surface area contributed by atoms with Gasteiger partial charge in [-0.25, -0.2) is 18.4 Å². The molecular formula is C17H21FN4O2S. The number of nitrogens with two attached hydrogens (primary N) is 1. The average Bonchev–Trinajstić information content (AvgIpc) is 2.56. The fourth-order valence-electron chi connectivity index (χ4n) is 3.09. The van der Waals surface area contributed by atoms with E-state index in [1.807, 2.05) is 26.0 Å². The van der Waals surface area contributed by atoms with Crippen LogP contribution >= 0.6 is 0 Å². The van der Waals surface area contributed by atoms with Crippen LogP contribution in [0.15, 0.2) is 29.4 Å². The second-order valence-corrected chi connectivity index (χ2v) is 8.65. The minimum atomic E-state index is -3.26. The van der Waals surface area contributed by atoms with Crippen LogP contribution in [0.3, 0.4) is 0 Å². The molecule has 8 heteroatoms. The van der Waals surface area contributed by atoms with Crippen molar-refractivity contribution in [3.63, 3.8) is 0 Å². The van der Waals surface area contributed by atoms with Gasteiger partial charge >= 0.3 is 0 Å². The van der Waals surface area contributed by atoms with Crippen LogP contribution < -0.4 is 11.1 Å². The Labute approximate surface area is 146 Å². The zero-order chi connectivity index (χ0) is 18.2. The molecule has 1 aromatic heterocycles. The predicted molar refractivity (Wildman–Crippen MR) is 94.4 cm³/mol. The number of aromatic nitrogens is 2. The van der Waals surface area contributed by atoms with Crippen molar-refractivity contribution >= 4 is 21.5 Å². The van der Waals surface area contributed by atoms with E-state index in [9.17, 15) is 12.8 Å². The zero-order valence-corrected chi connectivity index (χ0v) is 15.0. The number of benzene rings is 1. The molecule has 1 aliphatic rings. The summed E-state index contributed by atoms with van der Waals surface area (Å²) < 4.78 is 38.8. The Morgan fingerprint density at radius 1 is 1.28 bits per heavy atom. The van der Waals surface area contributed by atoms with E-state index in [2.05, 4.69) is 15.3 Å². The molecular weight excluding hydrogens is 343 g/mol. The lowest BCUT2D eigenvalue weighted by Gasteiger charge is -2.26. The van der Waals surface area contributed by atoms with Gasteiger partial charge in [0.15, 0.2) is 21.5 Å². The highest BCUT2D eigenvalue weighted by Gasteiger charge is 2.26. The fourth-order valence-corrected chi connectivity index (χ4v) is 4.72. The molecule has 3 N–H and O–H groups in total. The molecule has 0 fully saturated rings. The topological polar surface area (TPSA) is 98.0 Å². The average molecular weight is 364 g/mol. The first-order valence-corrected chi connectivity index (χ1v) is 9.83. The molecule has 0 amide bonds. The number of hydrogen-bond acceptors (Lipinski definition) is 6. The Hall–Kier alpha value is -2.22. The molecule has 0 spiro atoms. The number of fused-ring (bicyclic) bond motifs is 1. The predicted octanol–water partition coefficient (Wildman–Crippen LogP) is 2.73. The lowest BCUT2D eigenvalue weighted by atomic mass is 9.94. The Morgan fingerprint density at radius 3 is 2.76 bits per heavy atom. The van der Waals surface area contributed by atoms with Crippen LogP contribution in [-0.4, -0.2) is 24.1 Å². The molecule has 1 atom stereocenters. The first-order chi connectivity index (χ1) is 11.8. The van der Waals surface area contributed by atoms with Gasteiger partial charge in [0.25, 0.3) is 0 Å². The zero-order valence-electron chi connectivity index (χ0n) is 14.2. The molecule has 2 aromatic rings. The van der Waals surface area contributed by atoms with E-state index in [1.54, 1.807) is 6.07 Å². The molecule has 1 aromatic carbocycles. The molecule has 25 heavy (non-hydrogen) atoms. The number of halogens is 1. The standard InChI is InChI=1S/C17H21FN4O2S/c1-10(2)15(22-17-14(18)16(19)20-9-21-17)12-6-5-11-4-3-7-25(23,24)13(11)8-12/h5-6,8-10,15H,3-4,7H2,1-2H3,(H3,19,20,21,22)/t15-/m0/s1. The van der Waals surface area contributed by atoms with Crippen LogP contribution in [0.25, 0.3) is 0 Å². The van der Waals surface area contributed by atoms with Gasteiger partial charge in [0.2, 0.25) is 5.82 Å². The van der Waals surface area contributed by atoms with E-state index >= 15 is 0 Å². The largest absolute Gasteiger partial charge is 0.381 e. The minimum absolute atomic E-state index is 0.00628. The molecule has 0 unspecified atom stereocenters. The van der Waals surface area contributed by atoms with Crippen molar-refractivity contribution in [3.05, 3.63) is 41.5 Å². The maximum atomic E-state index is 14.1. The van der Waals surface area contributed by atoms with Crippen LogP contribution in [0.4, 0.5) is 16.0 Å². The van der Waals surface area contributed by atoms with Gasteiger partial charge in [-0.2, -0.15) is 4.39 Å². The van der Waals surface area contributed by atoms with Crippen molar-refractivity contribution < 1.29 is 12.8 Å². The highest BCUT2D eigenvalue weighted by molar-refractivity contribution is 7.91. The number of nitrogens with zero attached hydrogens (tertiary/aromatic N) is 2. The Bertz CT molecular complexity index is 900. The number of aryl methyl sites for hydroxylation is 1. The highest BCUT2D eigenvalue weighted by atomic mass is 32.2. The number of anilines is 2. The maximum absolute atomic E-state index is 14.1. The second-order valence-electron chi connectivity index (χ2n) is 6.58. The minimum Gasteiger partial charge on any atom is -0.381 e. The van der Waals surface area contributed by atoms with E-state index in [0.717, 1.165) is 17.5 Å². The third-order valence-electron chi connectivity index (χ3n) is 4.42. The molecule has 0 saturated heterocycles. The second kappa shape index (κ2) is 6.59. The fraction of sp³-hybridized carbons (Fsp3) is 0.412. The summed E-state index contributed by atoms with van der Waals surface area (Å²) in [6.45, 7) is 3.93. The molecule has 2 heterocycles. The van der Waals surface area contributed by atoms with Crippen molar-refractivity contribution in [3.8, 4) is 0 Å². The van der Waals surface area contributed by atoms with Gasteiger partial charge in [-0.15, -0.1) is 0 Å². The van der Waals surface area contributed by atoms with Crippen LogP contribution in [0, 0.1) is 11.7 Å². The first kappa shape index (κ1) is 17.6. The van der Waals surface area contributed by atoms with Crippen LogP contribution in [0.1, 0.15) is 37.4 Å². The van der Waals surface area contributed by atoms with Gasteiger partial charge in [-0.3, -0.25) is 0 Å². The van der Waals surface area contributed by atoms with Gasteiger partial charge in [0, 0.05) is 0 Å². The summed E-state index contributed by atoms with van der Waals surface area (Å²) in [6.07, 6.45) is 2.59. The summed E-state index contributed by atoms with van der Waals surface area (Å²) in [5.41, 5.74) is 7.11. The number of sulfone groups is 1. The van der Waals surface area contributed by atoms with Gasteiger partial charge in [0.1, 0.15) is 6.33 Å². The van der Waals surface area contributed by atoms with Gasteiger partial charge < -0.3 is 11.1 Å². The van der Waals surface area contributed by atoms with Gasteiger partial charge in [-0.1, -0.05) is 26.0 Å². The summed E-state index contributed by atoms with van der Waals surface area (Å²) in [4.78, 5) is 7.90. The maximum Gasteiger partial charge on any atom is 0.207 e. The van der Waals surface area contributed by atoms with E-state index in [0.29, 0.717) is 11.3 Å². The third-order valence-corrected chi connectivity index (χ3v) is 6.30. The summed E-state index contributed by atoms with van der Waals surface area (Å²) in [6, 6.07) is 5.12. The summed E-state index contributed by atoms with van der Waals surface area (Å²) in [5.74, 6) is -0.696. The lowest BCUT2D eigenvalue weighted by molar-refractivity contribution is 0.534. The monoisotopic (exact) mass is 364 g/mol. The molecule has 3 rings (SSSR count). The van der Waals surface area contributed by atoms with Crippen molar-refractivity contribution in [2.75, 3.05) is 16.8 Å². The molecule has 0 radical (unpaired) electrons. The van der Waals surface area contributed by atoms with Crippen molar-refractivity contribution in [1.29, 1.82) is 0 Å². The molecule has 6 nitrogen and oxygen atoms in total. The van der Waals surface area contributed by atoms with Crippen LogP contribution in [0.5, 0.6) is 0 Å². The SMILES string of the molecule is CC(C)[C@H](Nc1ncnc(N)c1F)c1ccc2c(c1)S(=O)(=O)CCC2. The van der Waals surface area contributed by atoms with E-state index in [-0.39, 0.29) is 29.3 Å². The quantitative estimate of drug-likeness (QED) is 0.866. The lowest BCUT2D eigenvalue weighted by Crippen LogP contribution is -2.21. The summed E-state index contributed by atoms with van der Waals surface area (Å²) in [5, 5.41) is 3.04.